The smallest absolute Gasteiger partial charge is 0.260 e. The Labute approximate surface area is 193 Å². The number of para-hydroxylation sites is 1. The molecule has 2 aromatic carbocycles. The van der Waals surface area contributed by atoms with Crippen LogP contribution >= 0.6 is 0 Å². The van der Waals surface area contributed by atoms with E-state index in [0.717, 1.165) is 9.87 Å². The first-order valence-electron chi connectivity index (χ1n) is 10.7. The van der Waals surface area contributed by atoms with Gasteiger partial charge >= 0.3 is 0 Å². The van der Waals surface area contributed by atoms with Crippen molar-refractivity contribution in [3.05, 3.63) is 65.2 Å². The van der Waals surface area contributed by atoms with Crippen molar-refractivity contribution in [3.63, 3.8) is 0 Å². The van der Waals surface area contributed by atoms with Gasteiger partial charge in [0.25, 0.3) is 11.8 Å². The van der Waals surface area contributed by atoms with Crippen LogP contribution in [-0.2, 0) is 14.8 Å². The van der Waals surface area contributed by atoms with Crippen LogP contribution in [0.25, 0.3) is 0 Å². The van der Waals surface area contributed by atoms with Gasteiger partial charge in [0.15, 0.2) is 0 Å². The third-order valence-corrected chi connectivity index (χ3v) is 7.76. The Morgan fingerprint density at radius 3 is 2.39 bits per heavy atom. The van der Waals surface area contributed by atoms with Crippen molar-refractivity contribution < 1.29 is 22.8 Å². The van der Waals surface area contributed by atoms with Gasteiger partial charge in [0, 0.05) is 44.7 Å². The molecular weight excluding hydrogens is 444 g/mol. The molecule has 10 heteroatoms. The Hall–Kier alpha value is -3.24. The number of nitrogens with one attached hydrogen (secondary N) is 1. The summed E-state index contributed by atoms with van der Waals surface area (Å²) >= 11 is 0. The van der Waals surface area contributed by atoms with Crippen LogP contribution < -0.4 is 10.2 Å². The van der Waals surface area contributed by atoms with Gasteiger partial charge < -0.3 is 10.2 Å². The molecule has 2 aromatic rings. The highest BCUT2D eigenvalue weighted by Crippen LogP contribution is 2.45. The molecule has 2 heterocycles. The van der Waals surface area contributed by atoms with Crippen molar-refractivity contribution in [1.82, 2.24) is 14.5 Å². The van der Waals surface area contributed by atoms with Crippen LogP contribution in [0, 0.1) is 0 Å². The number of sulfonamides is 1. The molecule has 0 bridgehead atoms. The molecule has 3 amide bonds. The standard InChI is InChI=1S/C23H26N4O5S/c1-25(2)33(31,32)15-13-24-20(28)12-7-14-26-21-16-8-3-4-9-17(16)23(30)27(21)19-11-6-5-10-18(19)22(26)29/h3-6,8-11,21H,7,12-15H2,1-2H3,(H,24,28). The molecule has 0 aliphatic carbocycles. The molecule has 2 aliphatic heterocycles. The Morgan fingerprint density at radius 2 is 1.67 bits per heavy atom. The molecule has 1 unspecified atom stereocenters. The summed E-state index contributed by atoms with van der Waals surface area (Å²) in [6.45, 7) is 0.299. The predicted octanol–water partition coefficient (Wildman–Crippen LogP) is 1.59. The van der Waals surface area contributed by atoms with Crippen LogP contribution in [0.2, 0.25) is 0 Å². The van der Waals surface area contributed by atoms with E-state index in [4.69, 9.17) is 0 Å². The van der Waals surface area contributed by atoms with Crippen LogP contribution in [0.5, 0.6) is 0 Å². The van der Waals surface area contributed by atoms with Crippen LogP contribution in [0.15, 0.2) is 48.5 Å². The number of rotatable bonds is 8. The number of carbonyl (C=O) groups is 3. The monoisotopic (exact) mass is 470 g/mol. The van der Waals surface area contributed by atoms with Crippen LogP contribution in [0.1, 0.15) is 45.3 Å². The largest absolute Gasteiger partial charge is 0.355 e. The van der Waals surface area contributed by atoms with E-state index in [2.05, 4.69) is 5.32 Å². The lowest BCUT2D eigenvalue weighted by Crippen LogP contribution is -2.48. The normalized spacial score (nSPS) is 17.1. The number of fused-ring (bicyclic) bond motifs is 5. The van der Waals surface area contributed by atoms with Crippen molar-refractivity contribution in [1.29, 1.82) is 0 Å². The van der Waals surface area contributed by atoms with Gasteiger partial charge in [0.1, 0.15) is 6.17 Å². The van der Waals surface area contributed by atoms with Gasteiger partial charge in [0.05, 0.1) is 17.0 Å². The summed E-state index contributed by atoms with van der Waals surface area (Å²) in [5.41, 5.74) is 2.37. The highest BCUT2D eigenvalue weighted by molar-refractivity contribution is 7.89. The average Bonchev–Trinajstić information content (AvgIpc) is 3.08. The molecule has 1 N–H and O–H groups in total. The highest BCUT2D eigenvalue weighted by Gasteiger charge is 2.47. The maximum absolute atomic E-state index is 13.3. The lowest BCUT2D eigenvalue weighted by molar-refractivity contribution is -0.121. The number of hydrogen-bond donors (Lipinski definition) is 1. The van der Waals surface area contributed by atoms with Gasteiger partial charge in [0.2, 0.25) is 15.9 Å². The maximum Gasteiger partial charge on any atom is 0.260 e. The van der Waals surface area contributed by atoms with Gasteiger partial charge in [-0.25, -0.2) is 12.7 Å². The van der Waals surface area contributed by atoms with Crippen LogP contribution in [0.4, 0.5) is 5.69 Å². The van der Waals surface area contributed by atoms with E-state index >= 15 is 0 Å². The van der Waals surface area contributed by atoms with E-state index in [1.165, 1.54) is 14.1 Å². The van der Waals surface area contributed by atoms with Gasteiger partial charge in [-0.2, -0.15) is 0 Å². The number of anilines is 1. The molecule has 0 spiro atoms. The third-order valence-electron chi connectivity index (χ3n) is 5.92. The van der Waals surface area contributed by atoms with E-state index in [-0.39, 0.29) is 43.0 Å². The summed E-state index contributed by atoms with van der Waals surface area (Å²) in [5.74, 6) is -0.800. The number of hydrogen-bond acceptors (Lipinski definition) is 5. The molecule has 0 fully saturated rings. The summed E-state index contributed by atoms with van der Waals surface area (Å²) in [6, 6.07) is 14.3. The lowest BCUT2D eigenvalue weighted by Gasteiger charge is -2.41. The fourth-order valence-corrected chi connectivity index (χ4v) is 4.92. The van der Waals surface area contributed by atoms with Crippen molar-refractivity contribution in [2.45, 2.75) is 19.0 Å². The lowest BCUT2D eigenvalue weighted by atomic mass is 10.0. The fraction of sp³-hybridized carbons (Fsp3) is 0.348. The molecule has 0 aromatic heterocycles. The average molecular weight is 471 g/mol. The minimum absolute atomic E-state index is 0.0215. The second-order valence-corrected chi connectivity index (χ2v) is 10.5. The van der Waals surface area contributed by atoms with Crippen molar-refractivity contribution >= 4 is 33.4 Å². The summed E-state index contributed by atoms with van der Waals surface area (Å²) in [5, 5.41) is 2.61. The van der Waals surface area contributed by atoms with E-state index in [1.807, 2.05) is 12.1 Å². The van der Waals surface area contributed by atoms with Crippen molar-refractivity contribution in [2.24, 2.45) is 0 Å². The van der Waals surface area contributed by atoms with Gasteiger partial charge in [-0.1, -0.05) is 30.3 Å². The Bertz CT molecular complexity index is 1210. The molecule has 4 rings (SSSR count). The number of amides is 3. The maximum atomic E-state index is 13.3. The Morgan fingerprint density at radius 1 is 1.00 bits per heavy atom. The van der Waals surface area contributed by atoms with E-state index in [0.29, 0.717) is 23.2 Å². The summed E-state index contributed by atoms with van der Waals surface area (Å²) in [6.07, 6.45) is -0.0409. The van der Waals surface area contributed by atoms with Crippen molar-refractivity contribution in [3.8, 4) is 0 Å². The molecule has 0 radical (unpaired) electrons. The van der Waals surface area contributed by atoms with Gasteiger partial charge in [-0.15, -0.1) is 0 Å². The SMILES string of the molecule is CN(C)S(=O)(=O)CCNC(=O)CCCN1C(=O)c2ccccc2N2C(=O)c3ccccc3C12. The predicted molar refractivity (Wildman–Crippen MR) is 123 cm³/mol. The van der Waals surface area contributed by atoms with Crippen LogP contribution in [0.3, 0.4) is 0 Å². The first-order valence-corrected chi connectivity index (χ1v) is 12.3. The third kappa shape index (κ3) is 4.23. The first kappa shape index (κ1) is 22.9. The van der Waals surface area contributed by atoms with E-state index < -0.39 is 16.2 Å². The number of carbonyl (C=O) groups excluding carboxylic acids is 3. The Kier molecular flexibility index (Phi) is 6.22. The molecule has 1 atom stereocenters. The zero-order valence-corrected chi connectivity index (χ0v) is 19.3. The minimum atomic E-state index is -3.38. The van der Waals surface area contributed by atoms with E-state index in [9.17, 15) is 22.8 Å². The zero-order chi connectivity index (χ0) is 23.8. The fourth-order valence-electron chi connectivity index (χ4n) is 4.20. The first-order chi connectivity index (χ1) is 15.7. The molecular formula is C23H26N4O5S. The molecule has 0 saturated carbocycles. The van der Waals surface area contributed by atoms with Gasteiger partial charge in [-0.05, 0) is 24.6 Å². The summed E-state index contributed by atoms with van der Waals surface area (Å²) < 4.78 is 24.7. The quantitative estimate of drug-likeness (QED) is 0.631. The topological polar surface area (TPSA) is 107 Å². The molecule has 0 saturated heterocycles. The Balaban J connectivity index is 1.46. The zero-order valence-electron chi connectivity index (χ0n) is 18.5. The molecule has 9 nitrogen and oxygen atoms in total. The molecule has 2 aliphatic rings. The summed E-state index contributed by atoms with van der Waals surface area (Å²) in [4.78, 5) is 42.0. The molecule has 174 valence electrons. The van der Waals surface area contributed by atoms with E-state index in [1.54, 1.807) is 46.2 Å². The minimum Gasteiger partial charge on any atom is -0.355 e. The second-order valence-electron chi connectivity index (χ2n) is 8.20. The molecule has 33 heavy (non-hydrogen) atoms. The van der Waals surface area contributed by atoms with Gasteiger partial charge in [-0.3, -0.25) is 19.3 Å². The highest BCUT2D eigenvalue weighted by atomic mass is 32.2. The van der Waals surface area contributed by atoms with Crippen molar-refractivity contribution in [2.75, 3.05) is 37.8 Å². The second kappa shape index (κ2) is 8.95. The number of benzene rings is 2. The number of nitrogens with zero attached hydrogens (tertiary/aromatic N) is 3. The summed E-state index contributed by atoms with van der Waals surface area (Å²) in [7, 11) is -0.493. The van der Waals surface area contributed by atoms with Crippen LogP contribution in [-0.4, -0.2) is 68.3 Å².